The van der Waals surface area contributed by atoms with Crippen molar-refractivity contribution in [2.45, 2.75) is 39.0 Å². The Kier molecular flexibility index (Phi) is 5.92. The maximum Gasteiger partial charge on any atom is 0.227 e. The third-order valence-corrected chi connectivity index (χ3v) is 4.27. The van der Waals surface area contributed by atoms with Crippen molar-refractivity contribution in [3.63, 3.8) is 0 Å². The minimum atomic E-state index is 0.135. The van der Waals surface area contributed by atoms with Gasteiger partial charge in [-0.15, -0.1) is 5.10 Å². The Morgan fingerprint density at radius 1 is 1.24 bits per heavy atom. The molecule has 0 spiro atoms. The summed E-state index contributed by atoms with van der Waals surface area (Å²) in [7, 11) is 0. The molecule has 0 N–H and O–H groups in total. The van der Waals surface area contributed by atoms with E-state index in [0.717, 1.165) is 50.5 Å². The summed E-state index contributed by atoms with van der Waals surface area (Å²) in [6.07, 6.45) is 5.28. The SMILES string of the molecule is CCCc1noc(CCC(=O)N2CCCN(c3cccnn3)CC2)n1. The third-order valence-electron chi connectivity index (χ3n) is 4.27. The molecule has 2 aromatic rings. The highest BCUT2D eigenvalue weighted by Gasteiger charge is 2.20. The summed E-state index contributed by atoms with van der Waals surface area (Å²) < 4.78 is 5.20. The first-order chi connectivity index (χ1) is 12.3. The van der Waals surface area contributed by atoms with Gasteiger partial charge in [0.15, 0.2) is 11.6 Å². The lowest BCUT2D eigenvalue weighted by molar-refractivity contribution is -0.131. The fraction of sp³-hybridized carbons (Fsp3) is 0.588. The van der Waals surface area contributed by atoms with Crippen molar-refractivity contribution >= 4 is 11.7 Å². The van der Waals surface area contributed by atoms with Crippen LogP contribution < -0.4 is 4.90 Å². The van der Waals surface area contributed by atoms with Crippen LogP contribution in [-0.4, -0.2) is 57.3 Å². The van der Waals surface area contributed by atoms with Crippen LogP contribution in [0.15, 0.2) is 22.9 Å². The molecule has 2 aromatic heterocycles. The molecular weight excluding hydrogens is 320 g/mol. The average molecular weight is 344 g/mol. The minimum absolute atomic E-state index is 0.135. The van der Waals surface area contributed by atoms with Gasteiger partial charge < -0.3 is 14.3 Å². The molecule has 3 rings (SSSR count). The zero-order chi connectivity index (χ0) is 17.5. The van der Waals surface area contributed by atoms with E-state index in [-0.39, 0.29) is 5.91 Å². The Bertz CT molecular complexity index is 675. The second kappa shape index (κ2) is 8.55. The van der Waals surface area contributed by atoms with Crippen LogP contribution in [0.5, 0.6) is 0 Å². The number of anilines is 1. The van der Waals surface area contributed by atoms with Crippen LogP contribution in [0.1, 0.15) is 37.9 Å². The second-order valence-corrected chi connectivity index (χ2v) is 6.16. The minimum Gasteiger partial charge on any atom is -0.353 e. The van der Waals surface area contributed by atoms with Gasteiger partial charge in [-0.3, -0.25) is 4.79 Å². The van der Waals surface area contributed by atoms with E-state index in [4.69, 9.17) is 4.52 Å². The van der Waals surface area contributed by atoms with Gasteiger partial charge in [0.25, 0.3) is 0 Å². The highest BCUT2D eigenvalue weighted by Crippen LogP contribution is 2.13. The molecule has 25 heavy (non-hydrogen) atoms. The average Bonchev–Trinajstić information content (AvgIpc) is 2.94. The normalized spacial score (nSPS) is 15.2. The van der Waals surface area contributed by atoms with Crippen LogP contribution in [0.25, 0.3) is 0 Å². The van der Waals surface area contributed by atoms with Gasteiger partial charge in [0.2, 0.25) is 11.8 Å². The van der Waals surface area contributed by atoms with E-state index in [2.05, 4.69) is 32.2 Å². The highest BCUT2D eigenvalue weighted by atomic mass is 16.5. The third kappa shape index (κ3) is 4.74. The molecule has 0 atom stereocenters. The van der Waals surface area contributed by atoms with E-state index in [9.17, 15) is 4.79 Å². The molecule has 8 heteroatoms. The fourth-order valence-electron chi connectivity index (χ4n) is 2.95. The molecule has 0 aliphatic carbocycles. The first-order valence-electron chi connectivity index (χ1n) is 8.88. The lowest BCUT2D eigenvalue weighted by atomic mass is 10.2. The molecule has 3 heterocycles. The predicted octanol–water partition coefficient (Wildman–Crippen LogP) is 1.48. The Hall–Kier alpha value is -2.51. The molecule has 0 saturated carbocycles. The molecule has 0 aromatic carbocycles. The van der Waals surface area contributed by atoms with Crippen LogP contribution in [-0.2, 0) is 17.6 Å². The largest absolute Gasteiger partial charge is 0.353 e. The summed E-state index contributed by atoms with van der Waals surface area (Å²) in [5.74, 6) is 2.27. The van der Waals surface area contributed by atoms with Crippen LogP contribution >= 0.6 is 0 Å². The number of rotatable bonds is 6. The molecule has 1 aliphatic heterocycles. The Balaban J connectivity index is 1.49. The van der Waals surface area contributed by atoms with Crippen LogP contribution in [0.4, 0.5) is 5.82 Å². The smallest absolute Gasteiger partial charge is 0.227 e. The van der Waals surface area contributed by atoms with Crippen molar-refractivity contribution < 1.29 is 9.32 Å². The Morgan fingerprint density at radius 3 is 2.96 bits per heavy atom. The summed E-state index contributed by atoms with van der Waals surface area (Å²) >= 11 is 0. The summed E-state index contributed by atoms with van der Waals surface area (Å²) in [6, 6.07) is 3.83. The molecular formula is C17H24N6O2. The summed E-state index contributed by atoms with van der Waals surface area (Å²) in [4.78, 5) is 20.9. The van der Waals surface area contributed by atoms with Crippen molar-refractivity contribution in [2.75, 3.05) is 31.1 Å². The topological polar surface area (TPSA) is 88.3 Å². The molecule has 1 saturated heterocycles. The maximum atomic E-state index is 12.5. The number of hydrogen-bond acceptors (Lipinski definition) is 7. The quantitative estimate of drug-likeness (QED) is 0.784. The van der Waals surface area contributed by atoms with Gasteiger partial charge in [-0.05, 0) is 25.0 Å². The Morgan fingerprint density at radius 2 is 2.16 bits per heavy atom. The van der Waals surface area contributed by atoms with Gasteiger partial charge in [-0.2, -0.15) is 10.1 Å². The van der Waals surface area contributed by atoms with Gasteiger partial charge in [-0.1, -0.05) is 12.1 Å². The fourth-order valence-corrected chi connectivity index (χ4v) is 2.95. The molecule has 1 fully saturated rings. The first-order valence-corrected chi connectivity index (χ1v) is 8.88. The van der Waals surface area contributed by atoms with Crippen LogP contribution in [0.3, 0.4) is 0 Å². The van der Waals surface area contributed by atoms with Gasteiger partial charge in [0, 0.05) is 51.6 Å². The lowest BCUT2D eigenvalue weighted by Gasteiger charge is -2.22. The zero-order valence-electron chi connectivity index (χ0n) is 14.6. The van der Waals surface area contributed by atoms with Crippen LogP contribution in [0.2, 0.25) is 0 Å². The molecule has 8 nitrogen and oxygen atoms in total. The number of nitrogens with zero attached hydrogens (tertiary/aromatic N) is 6. The van der Waals surface area contributed by atoms with E-state index in [1.807, 2.05) is 17.0 Å². The van der Waals surface area contributed by atoms with Gasteiger partial charge >= 0.3 is 0 Å². The molecule has 0 radical (unpaired) electrons. The van der Waals surface area contributed by atoms with Crippen molar-refractivity contribution in [2.24, 2.45) is 0 Å². The number of carbonyl (C=O) groups excluding carboxylic acids is 1. The number of amides is 1. The van der Waals surface area contributed by atoms with E-state index in [1.165, 1.54) is 0 Å². The van der Waals surface area contributed by atoms with E-state index < -0.39 is 0 Å². The number of carbonyl (C=O) groups is 1. The predicted molar refractivity (Wildman–Crippen MR) is 92.1 cm³/mol. The molecule has 1 aliphatic rings. The maximum absolute atomic E-state index is 12.5. The standard InChI is InChI=1S/C17H24N6O2/c1-2-5-14-19-16(25-21-14)7-8-17(24)23-11-4-10-22(12-13-23)15-6-3-9-18-20-15/h3,6,9H,2,4-5,7-8,10-13H2,1H3. The highest BCUT2D eigenvalue weighted by molar-refractivity contribution is 5.76. The summed E-state index contributed by atoms with van der Waals surface area (Å²) in [6.45, 7) is 5.18. The molecule has 0 bridgehead atoms. The molecule has 0 unspecified atom stereocenters. The van der Waals surface area contributed by atoms with Gasteiger partial charge in [0.05, 0.1) is 0 Å². The lowest BCUT2D eigenvalue weighted by Crippen LogP contribution is -2.35. The molecule has 1 amide bonds. The molecule has 134 valence electrons. The number of aromatic nitrogens is 4. The summed E-state index contributed by atoms with van der Waals surface area (Å²) in [5, 5.41) is 12.0. The first kappa shape index (κ1) is 17.3. The number of hydrogen-bond donors (Lipinski definition) is 0. The van der Waals surface area contributed by atoms with Crippen molar-refractivity contribution in [3.8, 4) is 0 Å². The van der Waals surface area contributed by atoms with Gasteiger partial charge in [-0.25, -0.2) is 0 Å². The second-order valence-electron chi connectivity index (χ2n) is 6.16. The van der Waals surface area contributed by atoms with E-state index in [1.54, 1.807) is 6.20 Å². The van der Waals surface area contributed by atoms with Crippen molar-refractivity contribution in [3.05, 3.63) is 30.0 Å². The van der Waals surface area contributed by atoms with Gasteiger partial charge in [0.1, 0.15) is 0 Å². The number of aryl methyl sites for hydroxylation is 2. The Labute approximate surface area is 147 Å². The zero-order valence-corrected chi connectivity index (χ0v) is 14.6. The van der Waals surface area contributed by atoms with E-state index >= 15 is 0 Å². The van der Waals surface area contributed by atoms with Crippen molar-refractivity contribution in [1.82, 2.24) is 25.2 Å². The summed E-state index contributed by atoms with van der Waals surface area (Å²) in [5.41, 5.74) is 0. The van der Waals surface area contributed by atoms with Crippen LogP contribution in [0, 0.1) is 0 Å². The van der Waals surface area contributed by atoms with E-state index in [0.29, 0.717) is 25.3 Å². The van der Waals surface area contributed by atoms with Crippen molar-refractivity contribution in [1.29, 1.82) is 0 Å². The monoisotopic (exact) mass is 344 g/mol.